The number of aliphatic hydroxyl groups is 1. The number of hydrogen-bond acceptors (Lipinski definition) is 11. The molecule has 8 rings (SSSR count). The number of aromatic nitrogens is 1. The number of rotatable bonds is 9. The Kier molecular flexibility index (Phi) is 8.25. The van der Waals surface area contributed by atoms with E-state index < -0.39 is 52.4 Å². The standard InChI is InChI=1S/C35H36F2N4O10/c36-25-9-20(40-12-22(51-34(40)46)15-49-33(45)18-5-7-38-8-6-18)3-4-27(25)50-17-35(47)11-21-14-48-31-28-23(10-26(37)29(31)41(21)16-35)30(42)24(32(43)44)13-39(28)19-1-2-19/h3-4,9-10,13,18-19,21-22,38,47H,1-2,5-8,11-12,14-17H2,(H,43,44)/t21-,22?,35-/m0/s1. The molecule has 4 fully saturated rings. The molecule has 270 valence electrons. The molecule has 1 aromatic heterocycles. The van der Waals surface area contributed by atoms with Crippen LogP contribution in [-0.2, 0) is 14.3 Å². The molecular formula is C35H36F2N4O10. The predicted molar refractivity (Wildman–Crippen MR) is 176 cm³/mol. The highest BCUT2D eigenvalue weighted by atomic mass is 19.1. The normalized spacial score (nSPS) is 24.6. The molecule has 14 nitrogen and oxygen atoms in total. The third-order valence-corrected chi connectivity index (χ3v) is 10.3. The van der Waals surface area contributed by atoms with Crippen molar-refractivity contribution in [1.29, 1.82) is 0 Å². The Hall–Kier alpha value is -4.96. The van der Waals surface area contributed by atoms with E-state index in [1.54, 1.807) is 9.47 Å². The number of carbonyl (C=O) groups is 3. The lowest BCUT2D eigenvalue weighted by Crippen LogP contribution is -2.41. The van der Waals surface area contributed by atoms with Crippen LogP contribution >= 0.6 is 0 Å². The Labute approximate surface area is 289 Å². The van der Waals surface area contributed by atoms with Crippen LogP contribution in [0.5, 0.6) is 11.5 Å². The number of aromatic carboxylic acids is 1. The molecule has 4 aliphatic heterocycles. The van der Waals surface area contributed by atoms with Crippen molar-refractivity contribution in [3.63, 3.8) is 0 Å². The fourth-order valence-electron chi connectivity index (χ4n) is 7.55. The van der Waals surface area contributed by atoms with Gasteiger partial charge in [-0.1, -0.05) is 0 Å². The predicted octanol–water partition coefficient (Wildman–Crippen LogP) is 2.96. The maximum Gasteiger partial charge on any atom is 0.414 e. The summed E-state index contributed by atoms with van der Waals surface area (Å²) in [5.74, 6) is -3.57. The van der Waals surface area contributed by atoms with Gasteiger partial charge in [0.25, 0.3) is 0 Å². The number of fused-ring (bicyclic) bond motifs is 5. The second-order valence-corrected chi connectivity index (χ2v) is 13.9. The molecule has 3 saturated heterocycles. The van der Waals surface area contributed by atoms with E-state index in [1.807, 2.05) is 0 Å². The summed E-state index contributed by atoms with van der Waals surface area (Å²) in [7, 11) is 0. The van der Waals surface area contributed by atoms with Gasteiger partial charge >= 0.3 is 18.0 Å². The number of benzene rings is 2. The Balaban J connectivity index is 0.944. The number of nitrogens with zero attached hydrogens (tertiary/aromatic N) is 3. The van der Waals surface area contributed by atoms with Crippen molar-refractivity contribution >= 4 is 40.3 Å². The lowest BCUT2D eigenvalue weighted by Gasteiger charge is -2.34. The first kappa shape index (κ1) is 33.2. The summed E-state index contributed by atoms with van der Waals surface area (Å²) in [4.78, 5) is 52.7. The molecular weight excluding hydrogens is 674 g/mol. The highest BCUT2D eigenvalue weighted by Crippen LogP contribution is 2.48. The Morgan fingerprint density at radius 2 is 1.84 bits per heavy atom. The van der Waals surface area contributed by atoms with Crippen molar-refractivity contribution in [2.24, 2.45) is 5.92 Å². The van der Waals surface area contributed by atoms with Crippen LogP contribution in [0.25, 0.3) is 10.9 Å². The number of carboxylic acid groups (broad SMARTS) is 1. The van der Waals surface area contributed by atoms with Crippen molar-refractivity contribution in [3.05, 3.63) is 57.9 Å². The van der Waals surface area contributed by atoms with Crippen molar-refractivity contribution in [1.82, 2.24) is 9.88 Å². The molecule has 0 spiro atoms. The van der Waals surface area contributed by atoms with Gasteiger partial charge in [0.15, 0.2) is 29.2 Å². The van der Waals surface area contributed by atoms with Gasteiger partial charge in [-0.05, 0) is 57.0 Å². The molecule has 1 aliphatic carbocycles. The average molecular weight is 711 g/mol. The van der Waals surface area contributed by atoms with E-state index in [9.17, 15) is 29.4 Å². The molecule has 1 amide bonds. The lowest BCUT2D eigenvalue weighted by atomic mass is 9.99. The van der Waals surface area contributed by atoms with Crippen LogP contribution in [0.15, 0.2) is 35.3 Å². The SMILES string of the molecule is O=C(O)c1cn(C2CC2)c2c3c(c(F)cc2c1=O)N1C[C@](O)(COc2ccc(N4CC(COC(=O)C5CCNCC5)OC4=O)cc2F)C[C@H]1CO3. The van der Waals surface area contributed by atoms with Gasteiger partial charge in [0.1, 0.15) is 36.7 Å². The van der Waals surface area contributed by atoms with E-state index in [4.69, 9.17) is 18.9 Å². The molecule has 1 unspecified atom stereocenters. The summed E-state index contributed by atoms with van der Waals surface area (Å²) < 4.78 is 55.3. The van der Waals surface area contributed by atoms with E-state index in [-0.39, 0.29) is 85.5 Å². The maximum atomic E-state index is 15.8. The first-order chi connectivity index (χ1) is 24.5. The molecule has 51 heavy (non-hydrogen) atoms. The smallest absolute Gasteiger partial charge is 0.414 e. The van der Waals surface area contributed by atoms with Gasteiger partial charge in [0.05, 0.1) is 41.6 Å². The van der Waals surface area contributed by atoms with Gasteiger partial charge in [0, 0.05) is 24.7 Å². The number of cyclic esters (lactones) is 1. The number of piperidine rings is 1. The van der Waals surface area contributed by atoms with E-state index in [0.717, 1.165) is 38.1 Å². The second-order valence-electron chi connectivity index (χ2n) is 13.9. The molecule has 0 radical (unpaired) electrons. The van der Waals surface area contributed by atoms with Crippen LogP contribution in [0.2, 0.25) is 0 Å². The Bertz CT molecular complexity index is 2000. The summed E-state index contributed by atoms with van der Waals surface area (Å²) in [6.07, 6.45) is 2.87. The molecule has 5 heterocycles. The number of nitrogens with one attached hydrogen (secondary N) is 1. The van der Waals surface area contributed by atoms with Gasteiger partial charge in [0.2, 0.25) is 5.43 Å². The van der Waals surface area contributed by atoms with E-state index in [2.05, 4.69) is 5.32 Å². The van der Waals surface area contributed by atoms with Gasteiger partial charge in [-0.15, -0.1) is 0 Å². The van der Waals surface area contributed by atoms with Gasteiger partial charge in [-0.2, -0.15) is 0 Å². The molecule has 1 saturated carbocycles. The molecule has 0 bridgehead atoms. The first-order valence-electron chi connectivity index (χ1n) is 17.0. The molecule has 5 aliphatic rings. The second kappa shape index (κ2) is 12.7. The van der Waals surface area contributed by atoms with Crippen molar-refractivity contribution in [2.45, 2.75) is 55.9 Å². The lowest BCUT2D eigenvalue weighted by molar-refractivity contribution is -0.151. The zero-order valence-electron chi connectivity index (χ0n) is 27.4. The topological polar surface area (TPSA) is 169 Å². The van der Waals surface area contributed by atoms with E-state index in [1.165, 1.54) is 23.2 Å². The highest BCUT2D eigenvalue weighted by molar-refractivity contribution is 5.97. The number of amides is 1. The quantitative estimate of drug-likeness (QED) is 0.278. The fraction of sp³-hybridized carbons (Fsp3) is 0.486. The zero-order chi connectivity index (χ0) is 35.6. The van der Waals surface area contributed by atoms with Gasteiger partial charge < -0.3 is 43.9 Å². The van der Waals surface area contributed by atoms with Crippen LogP contribution in [0.3, 0.4) is 0 Å². The van der Waals surface area contributed by atoms with Crippen LogP contribution in [0, 0.1) is 17.6 Å². The maximum absolute atomic E-state index is 15.8. The molecule has 3 N–H and O–H groups in total. The van der Waals surface area contributed by atoms with E-state index in [0.29, 0.717) is 18.4 Å². The van der Waals surface area contributed by atoms with Crippen LogP contribution in [0.1, 0.15) is 48.5 Å². The van der Waals surface area contributed by atoms with Gasteiger partial charge in [-0.3, -0.25) is 14.5 Å². The number of carbonyl (C=O) groups excluding carboxylic acids is 2. The monoisotopic (exact) mass is 710 g/mol. The van der Waals surface area contributed by atoms with Gasteiger partial charge in [-0.25, -0.2) is 18.4 Å². The summed E-state index contributed by atoms with van der Waals surface area (Å²) >= 11 is 0. The number of anilines is 2. The summed E-state index contributed by atoms with van der Waals surface area (Å²) in [6, 6.07) is 4.43. The van der Waals surface area contributed by atoms with Crippen LogP contribution in [-0.4, -0.2) is 96.6 Å². The minimum absolute atomic E-state index is 0.0546. The number of ether oxygens (including phenoxy) is 4. The molecule has 3 aromatic rings. The fourth-order valence-corrected chi connectivity index (χ4v) is 7.55. The Morgan fingerprint density at radius 1 is 1.06 bits per heavy atom. The average Bonchev–Trinajstić information content (AvgIpc) is 3.80. The number of pyridine rings is 1. The number of halogens is 2. The summed E-state index contributed by atoms with van der Waals surface area (Å²) in [5, 5.41) is 24.3. The van der Waals surface area contributed by atoms with Crippen LogP contribution < -0.4 is 30.0 Å². The highest BCUT2D eigenvalue weighted by Gasteiger charge is 2.48. The zero-order valence-corrected chi connectivity index (χ0v) is 27.4. The number of esters is 1. The summed E-state index contributed by atoms with van der Waals surface area (Å²) in [5.41, 5.74) is -2.23. The van der Waals surface area contributed by atoms with E-state index >= 15 is 8.78 Å². The largest absolute Gasteiger partial charge is 0.487 e. The summed E-state index contributed by atoms with van der Waals surface area (Å²) in [6.45, 7) is 1.06. The minimum atomic E-state index is -1.54. The minimum Gasteiger partial charge on any atom is -0.487 e. The Morgan fingerprint density at radius 3 is 2.57 bits per heavy atom. The first-order valence-corrected chi connectivity index (χ1v) is 17.0. The van der Waals surface area contributed by atoms with Crippen molar-refractivity contribution in [3.8, 4) is 11.5 Å². The molecule has 16 heteroatoms. The molecule has 2 aromatic carbocycles. The number of hydrogen-bond donors (Lipinski definition) is 3. The molecule has 3 atom stereocenters. The number of carboxylic acids is 1. The van der Waals surface area contributed by atoms with Crippen molar-refractivity contribution in [2.75, 3.05) is 55.8 Å². The van der Waals surface area contributed by atoms with Crippen molar-refractivity contribution < 1.29 is 52.3 Å². The third-order valence-electron chi connectivity index (χ3n) is 10.3. The third kappa shape index (κ3) is 6.09. The van der Waals surface area contributed by atoms with Crippen LogP contribution in [0.4, 0.5) is 25.0 Å².